The highest BCUT2D eigenvalue weighted by atomic mass is 19.4. The van der Waals surface area contributed by atoms with E-state index in [0.29, 0.717) is 23.8 Å². The van der Waals surface area contributed by atoms with E-state index in [4.69, 9.17) is 15.4 Å². The average Bonchev–Trinajstić information content (AvgIpc) is 3.41. The van der Waals surface area contributed by atoms with Crippen LogP contribution in [0.5, 0.6) is 0 Å². The third-order valence-corrected chi connectivity index (χ3v) is 6.58. The number of hydrogen-bond acceptors (Lipinski definition) is 5. The second-order valence-corrected chi connectivity index (χ2v) is 8.92. The highest BCUT2D eigenvalue weighted by molar-refractivity contribution is 6.16. The molecule has 5 rings (SSSR count). The van der Waals surface area contributed by atoms with Gasteiger partial charge in [-0.25, -0.2) is 4.99 Å². The maximum atomic E-state index is 12.9. The molecule has 0 spiro atoms. The molecule has 178 valence electrons. The van der Waals surface area contributed by atoms with Gasteiger partial charge >= 0.3 is 6.18 Å². The number of para-hydroxylation sites is 1. The molecular weight excluding hydrogens is 443 g/mol. The first kappa shape index (κ1) is 22.4. The van der Waals surface area contributed by atoms with E-state index < -0.39 is 11.9 Å². The smallest absolute Gasteiger partial charge is 0.344 e. The van der Waals surface area contributed by atoms with Crippen LogP contribution >= 0.6 is 0 Å². The summed E-state index contributed by atoms with van der Waals surface area (Å²) >= 11 is 0. The lowest BCUT2D eigenvalue weighted by molar-refractivity contribution is -0.141. The number of rotatable bonds is 4. The minimum atomic E-state index is -4.48. The molecule has 1 saturated heterocycles. The number of alkyl halides is 3. The van der Waals surface area contributed by atoms with Gasteiger partial charge in [0.25, 0.3) is 0 Å². The van der Waals surface area contributed by atoms with Crippen LogP contribution in [0.15, 0.2) is 58.6 Å². The van der Waals surface area contributed by atoms with Gasteiger partial charge in [-0.1, -0.05) is 24.3 Å². The summed E-state index contributed by atoms with van der Waals surface area (Å²) in [6, 6.07) is 12.4. The SMILES string of the molecule is CN1CC(C(=NCc2ccc(C(F)(F)F)nc2)Nc2ccccc2)C(=N)N2C1=NC1CCCC12. The van der Waals surface area contributed by atoms with Crippen LogP contribution in [-0.2, 0) is 12.7 Å². The zero-order chi connectivity index (χ0) is 23.9. The van der Waals surface area contributed by atoms with E-state index in [9.17, 15) is 13.2 Å². The third kappa shape index (κ3) is 4.24. The van der Waals surface area contributed by atoms with Crippen molar-refractivity contribution in [2.45, 2.75) is 44.1 Å². The van der Waals surface area contributed by atoms with Crippen molar-refractivity contribution in [3.8, 4) is 0 Å². The number of halogens is 3. The molecule has 34 heavy (non-hydrogen) atoms. The molecule has 0 amide bonds. The minimum absolute atomic E-state index is 0.154. The summed E-state index contributed by atoms with van der Waals surface area (Å²) in [6.45, 7) is 0.693. The fraction of sp³-hybridized carbons (Fsp3) is 0.417. The number of hydrogen-bond donors (Lipinski definition) is 2. The van der Waals surface area contributed by atoms with Crippen LogP contribution < -0.4 is 5.32 Å². The monoisotopic (exact) mass is 469 g/mol. The minimum Gasteiger partial charge on any atom is -0.344 e. The summed E-state index contributed by atoms with van der Waals surface area (Å²) in [5.74, 6) is 1.58. The second-order valence-electron chi connectivity index (χ2n) is 8.92. The van der Waals surface area contributed by atoms with Crippen molar-refractivity contribution < 1.29 is 13.2 Å². The van der Waals surface area contributed by atoms with E-state index in [1.54, 1.807) is 0 Å². The Morgan fingerprint density at radius 3 is 2.68 bits per heavy atom. The number of fused-ring (bicyclic) bond motifs is 3. The Morgan fingerprint density at radius 1 is 1.18 bits per heavy atom. The first-order chi connectivity index (χ1) is 16.3. The molecule has 1 aromatic heterocycles. The number of benzene rings is 1. The highest BCUT2D eigenvalue weighted by Crippen LogP contribution is 2.36. The number of nitrogens with one attached hydrogen (secondary N) is 2. The fourth-order valence-corrected chi connectivity index (χ4v) is 4.89. The van der Waals surface area contributed by atoms with Gasteiger partial charge in [0.1, 0.15) is 17.4 Å². The molecule has 3 aliphatic rings. The van der Waals surface area contributed by atoms with Crippen molar-refractivity contribution >= 4 is 23.3 Å². The Balaban J connectivity index is 1.43. The summed E-state index contributed by atoms with van der Waals surface area (Å²) in [6.07, 6.45) is -0.110. The van der Waals surface area contributed by atoms with E-state index >= 15 is 0 Å². The van der Waals surface area contributed by atoms with Gasteiger partial charge in [0.2, 0.25) is 5.96 Å². The van der Waals surface area contributed by atoms with Gasteiger partial charge in [0, 0.05) is 25.5 Å². The van der Waals surface area contributed by atoms with Crippen molar-refractivity contribution in [2.75, 3.05) is 18.9 Å². The maximum Gasteiger partial charge on any atom is 0.433 e. The van der Waals surface area contributed by atoms with Crippen LogP contribution in [0.4, 0.5) is 18.9 Å². The number of anilines is 1. The summed E-state index contributed by atoms with van der Waals surface area (Å²) in [5.41, 5.74) is 0.475. The van der Waals surface area contributed by atoms with Crippen molar-refractivity contribution in [1.29, 1.82) is 5.41 Å². The summed E-state index contributed by atoms with van der Waals surface area (Å²) in [4.78, 5) is 17.3. The summed E-state index contributed by atoms with van der Waals surface area (Å²) in [7, 11) is 1.98. The van der Waals surface area contributed by atoms with E-state index in [1.807, 2.05) is 42.3 Å². The molecule has 3 unspecified atom stereocenters. The molecule has 3 atom stereocenters. The first-order valence-corrected chi connectivity index (χ1v) is 11.4. The topological polar surface area (TPSA) is 80.0 Å². The molecule has 2 fully saturated rings. The highest BCUT2D eigenvalue weighted by Gasteiger charge is 2.48. The zero-order valence-corrected chi connectivity index (χ0v) is 18.8. The zero-order valence-electron chi connectivity index (χ0n) is 18.8. The molecule has 1 aliphatic carbocycles. The number of pyridine rings is 1. The molecule has 2 aromatic rings. The van der Waals surface area contributed by atoms with Gasteiger partial charge in [-0.15, -0.1) is 0 Å². The van der Waals surface area contributed by atoms with Crippen molar-refractivity contribution in [2.24, 2.45) is 15.9 Å². The van der Waals surface area contributed by atoms with Gasteiger partial charge in [0.15, 0.2) is 0 Å². The quantitative estimate of drug-likeness (QED) is 0.519. The molecule has 7 nitrogen and oxygen atoms in total. The van der Waals surface area contributed by atoms with Crippen LogP contribution in [0.1, 0.15) is 30.5 Å². The van der Waals surface area contributed by atoms with Gasteiger partial charge in [-0.3, -0.25) is 20.3 Å². The predicted octanol–water partition coefficient (Wildman–Crippen LogP) is 4.24. The molecule has 1 aromatic carbocycles. The normalized spacial score (nSPS) is 24.7. The summed E-state index contributed by atoms with van der Waals surface area (Å²) < 4.78 is 38.6. The van der Waals surface area contributed by atoms with E-state index in [-0.39, 0.29) is 24.5 Å². The number of guanidine groups is 1. The van der Waals surface area contributed by atoms with Crippen LogP contribution in [0.25, 0.3) is 0 Å². The maximum absolute atomic E-state index is 12.9. The number of aliphatic imine (C=N–C) groups is 2. The lowest BCUT2D eigenvalue weighted by Crippen LogP contribution is -2.59. The van der Waals surface area contributed by atoms with E-state index in [2.05, 4.69) is 15.2 Å². The molecule has 0 radical (unpaired) electrons. The van der Waals surface area contributed by atoms with Crippen LogP contribution in [0, 0.1) is 11.3 Å². The second kappa shape index (κ2) is 8.73. The van der Waals surface area contributed by atoms with E-state index in [0.717, 1.165) is 37.0 Å². The van der Waals surface area contributed by atoms with Gasteiger partial charge in [-0.05, 0) is 43.0 Å². The molecule has 0 bridgehead atoms. The molecule has 10 heteroatoms. The lowest BCUT2D eigenvalue weighted by Gasteiger charge is -2.41. The number of nitrogens with zero attached hydrogens (tertiary/aromatic N) is 5. The Labute approximate surface area is 195 Å². The largest absolute Gasteiger partial charge is 0.433 e. The molecule has 2 N–H and O–H groups in total. The van der Waals surface area contributed by atoms with Gasteiger partial charge < -0.3 is 10.2 Å². The van der Waals surface area contributed by atoms with Gasteiger partial charge in [-0.2, -0.15) is 13.2 Å². The van der Waals surface area contributed by atoms with E-state index in [1.165, 1.54) is 12.3 Å². The Kier molecular flexibility index (Phi) is 5.75. The lowest BCUT2D eigenvalue weighted by atomic mass is 10.00. The average molecular weight is 470 g/mol. The molecule has 1 saturated carbocycles. The Morgan fingerprint density at radius 2 is 1.97 bits per heavy atom. The van der Waals surface area contributed by atoms with Crippen molar-refractivity contribution in [3.63, 3.8) is 0 Å². The number of aromatic nitrogens is 1. The van der Waals surface area contributed by atoms with Gasteiger partial charge in [0.05, 0.1) is 24.5 Å². The fourth-order valence-electron chi connectivity index (χ4n) is 4.89. The van der Waals surface area contributed by atoms with Crippen LogP contribution in [0.2, 0.25) is 0 Å². The third-order valence-electron chi connectivity index (χ3n) is 6.58. The van der Waals surface area contributed by atoms with Crippen LogP contribution in [-0.4, -0.2) is 58.1 Å². The molecular formula is C24H26F3N7. The van der Waals surface area contributed by atoms with Crippen LogP contribution in [0.3, 0.4) is 0 Å². The Bertz CT molecular complexity index is 1110. The summed E-state index contributed by atoms with van der Waals surface area (Å²) in [5, 5.41) is 12.4. The number of amidine groups is 2. The standard InChI is InChI=1S/C24H26F3N7/c1-33-14-17(21(28)34-19-9-5-8-18(19)32-23(33)34)22(31-16-6-3-2-4-7-16)30-13-15-10-11-20(29-12-15)24(25,26)27/h2-4,6-7,10-12,17-19,28H,5,8-9,13-14H2,1H3,(H,30,31). The predicted molar refractivity (Wildman–Crippen MR) is 125 cm³/mol. The first-order valence-electron chi connectivity index (χ1n) is 11.4. The Hall–Kier alpha value is -3.43. The van der Waals surface area contributed by atoms with Crippen molar-refractivity contribution in [3.05, 3.63) is 59.9 Å². The molecule has 3 heterocycles. The van der Waals surface area contributed by atoms with Crippen molar-refractivity contribution in [1.82, 2.24) is 14.8 Å². The molecule has 2 aliphatic heterocycles.